The molecule has 1 atom stereocenters. The molecule has 1 amide bonds. The SMILES string of the molecule is Cc1nc(C)c(CNCC2(O)CCCN(CCc3ccccc3)C2=O)s1. The summed E-state index contributed by atoms with van der Waals surface area (Å²) in [5, 5.41) is 15.2. The van der Waals surface area contributed by atoms with E-state index in [1.807, 2.05) is 32.0 Å². The molecule has 1 aromatic heterocycles. The van der Waals surface area contributed by atoms with Crippen LogP contribution >= 0.6 is 11.3 Å². The van der Waals surface area contributed by atoms with Gasteiger partial charge in [-0.1, -0.05) is 30.3 Å². The molecule has 1 aliphatic rings. The second-order valence-corrected chi connectivity index (χ2v) is 8.30. The van der Waals surface area contributed by atoms with Gasteiger partial charge >= 0.3 is 0 Å². The van der Waals surface area contributed by atoms with Crippen LogP contribution in [0, 0.1) is 13.8 Å². The fourth-order valence-corrected chi connectivity index (χ4v) is 4.38. The summed E-state index contributed by atoms with van der Waals surface area (Å²) in [7, 11) is 0. The molecular formula is C20H27N3O2S. The maximum Gasteiger partial charge on any atom is 0.255 e. The fourth-order valence-electron chi connectivity index (χ4n) is 3.47. The molecule has 0 saturated carbocycles. The van der Waals surface area contributed by atoms with Crippen LogP contribution in [0.25, 0.3) is 0 Å². The van der Waals surface area contributed by atoms with Crippen LogP contribution in [0.4, 0.5) is 0 Å². The van der Waals surface area contributed by atoms with Crippen molar-refractivity contribution in [3.63, 3.8) is 0 Å². The zero-order valence-electron chi connectivity index (χ0n) is 15.5. The number of aryl methyl sites for hydroxylation is 2. The first-order valence-corrected chi connectivity index (χ1v) is 9.99. The Kier molecular flexibility index (Phi) is 6.06. The highest BCUT2D eigenvalue weighted by Gasteiger charge is 2.41. The van der Waals surface area contributed by atoms with Gasteiger partial charge in [0, 0.05) is 31.1 Å². The molecule has 1 aromatic carbocycles. The summed E-state index contributed by atoms with van der Waals surface area (Å²) in [4.78, 5) is 20.2. The van der Waals surface area contributed by atoms with Crippen LogP contribution < -0.4 is 5.32 Å². The lowest BCUT2D eigenvalue weighted by atomic mass is 9.91. The van der Waals surface area contributed by atoms with Gasteiger partial charge in [-0.25, -0.2) is 4.98 Å². The predicted molar refractivity (Wildman–Crippen MR) is 104 cm³/mol. The number of likely N-dealkylation sites (tertiary alicyclic amines) is 1. The first-order chi connectivity index (χ1) is 12.5. The van der Waals surface area contributed by atoms with E-state index in [0.717, 1.165) is 35.0 Å². The van der Waals surface area contributed by atoms with E-state index in [-0.39, 0.29) is 12.5 Å². The van der Waals surface area contributed by atoms with Crippen molar-refractivity contribution < 1.29 is 9.90 Å². The number of hydrogen-bond donors (Lipinski definition) is 2. The molecule has 140 valence electrons. The molecule has 0 aliphatic carbocycles. The zero-order valence-corrected chi connectivity index (χ0v) is 16.3. The summed E-state index contributed by atoms with van der Waals surface area (Å²) < 4.78 is 0. The van der Waals surface area contributed by atoms with Crippen LogP contribution in [0.5, 0.6) is 0 Å². The van der Waals surface area contributed by atoms with E-state index >= 15 is 0 Å². The second-order valence-electron chi connectivity index (χ2n) is 7.01. The summed E-state index contributed by atoms with van der Waals surface area (Å²) in [6.45, 7) is 6.27. The van der Waals surface area contributed by atoms with Gasteiger partial charge in [0.05, 0.1) is 10.7 Å². The molecule has 2 aromatic rings. The number of hydrogen-bond acceptors (Lipinski definition) is 5. The van der Waals surface area contributed by atoms with Gasteiger partial charge in [0.2, 0.25) is 0 Å². The second kappa shape index (κ2) is 8.29. The Hall–Kier alpha value is -1.76. The van der Waals surface area contributed by atoms with Crippen molar-refractivity contribution in [2.24, 2.45) is 0 Å². The number of benzene rings is 1. The van der Waals surface area contributed by atoms with Gasteiger partial charge < -0.3 is 15.3 Å². The zero-order chi connectivity index (χ0) is 18.6. The number of aliphatic hydroxyl groups is 1. The van der Waals surface area contributed by atoms with Crippen molar-refractivity contribution in [3.05, 3.63) is 51.5 Å². The molecule has 1 fully saturated rings. The molecule has 1 unspecified atom stereocenters. The lowest BCUT2D eigenvalue weighted by molar-refractivity contribution is -0.156. The van der Waals surface area contributed by atoms with Crippen molar-refractivity contribution in [1.29, 1.82) is 0 Å². The Bertz CT molecular complexity index is 747. The molecule has 26 heavy (non-hydrogen) atoms. The number of amides is 1. The molecular weight excluding hydrogens is 346 g/mol. The monoisotopic (exact) mass is 373 g/mol. The summed E-state index contributed by atoms with van der Waals surface area (Å²) in [6, 6.07) is 10.2. The number of carbonyl (C=O) groups is 1. The molecule has 1 saturated heterocycles. The van der Waals surface area contributed by atoms with E-state index in [9.17, 15) is 9.90 Å². The highest BCUT2D eigenvalue weighted by atomic mass is 32.1. The summed E-state index contributed by atoms with van der Waals surface area (Å²) in [5.74, 6) is -0.149. The number of nitrogens with zero attached hydrogens (tertiary/aromatic N) is 2. The third-order valence-electron chi connectivity index (χ3n) is 4.92. The third kappa shape index (κ3) is 4.50. The van der Waals surface area contributed by atoms with Gasteiger partial charge in [-0.05, 0) is 38.7 Å². The average Bonchev–Trinajstić information content (AvgIpc) is 2.95. The Morgan fingerprint density at radius 1 is 1.31 bits per heavy atom. The van der Waals surface area contributed by atoms with Gasteiger partial charge in [-0.2, -0.15) is 0 Å². The van der Waals surface area contributed by atoms with Crippen molar-refractivity contribution in [1.82, 2.24) is 15.2 Å². The van der Waals surface area contributed by atoms with E-state index in [1.165, 1.54) is 5.56 Å². The number of rotatable bonds is 7. The van der Waals surface area contributed by atoms with Gasteiger partial charge in [-0.15, -0.1) is 11.3 Å². The molecule has 2 heterocycles. The molecule has 0 radical (unpaired) electrons. The quantitative estimate of drug-likeness (QED) is 0.782. The number of piperidine rings is 1. The smallest absolute Gasteiger partial charge is 0.255 e. The van der Waals surface area contributed by atoms with Crippen molar-refractivity contribution in [2.45, 2.75) is 45.3 Å². The minimum absolute atomic E-state index is 0.149. The molecule has 0 spiro atoms. The highest BCUT2D eigenvalue weighted by molar-refractivity contribution is 7.11. The van der Waals surface area contributed by atoms with Crippen LogP contribution in [0.2, 0.25) is 0 Å². The van der Waals surface area contributed by atoms with Gasteiger partial charge in [0.25, 0.3) is 5.91 Å². The molecule has 5 nitrogen and oxygen atoms in total. The normalized spacial score (nSPS) is 20.6. The first kappa shape index (κ1) is 19.0. The molecule has 0 bridgehead atoms. The van der Waals surface area contributed by atoms with E-state index in [4.69, 9.17) is 0 Å². The Balaban J connectivity index is 1.54. The van der Waals surface area contributed by atoms with Crippen molar-refractivity contribution >= 4 is 17.2 Å². The van der Waals surface area contributed by atoms with Crippen LogP contribution in [-0.4, -0.2) is 46.1 Å². The van der Waals surface area contributed by atoms with E-state index in [2.05, 4.69) is 22.4 Å². The summed E-state index contributed by atoms with van der Waals surface area (Å²) in [5.41, 5.74) is 0.929. The van der Waals surface area contributed by atoms with E-state index in [1.54, 1.807) is 16.2 Å². The van der Waals surface area contributed by atoms with Crippen LogP contribution in [-0.2, 0) is 17.8 Å². The topological polar surface area (TPSA) is 65.5 Å². The van der Waals surface area contributed by atoms with Crippen LogP contribution in [0.3, 0.4) is 0 Å². The minimum atomic E-state index is -1.30. The van der Waals surface area contributed by atoms with E-state index in [0.29, 0.717) is 19.5 Å². The molecule has 1 aliphatic heterocycles. The number of nitrogens with one attached hydrogen (secondary N) is 1. The molecule has 3 rings (SSSR count). The molecule has 6 heteroatoms. The van der Waals surface area contributed by atoms with E-state index < -0.39 is 5.60 Å². The Labute approximate surface area is 159 Å². The van der Waals surface area contributed by atoms with Gasteiger partial charge in [0.15, 0.2) is 5.60 Å². The van der Waals surface area contributed by atoms with Gasteiger partial charge in [-0.3, -0.25) is 4.79 Å². The van der Waals surface area contributed by atoms with Crippen LogP contribution in [0.15, 0.2) is 30.3 Å². The molecule has 2 N–H and O–H groups in total. The predicted octanol–water partition coefficient (Wildman–Crippen LogP) is 2.45. The fraction of sp³-hybridized carbons (Fsp3) is 0.500. The van der Waals surface area contributed by atoms with Crippen LogP contribution in [0.1, 0.15) is 34.0 Å². The number of aromatic nitrogens is 1. The minimum Gasteiger partial charge on any atom is -0.379 e. The Morgan fingerprint density at radius 3 is 2.77 bits per heavy atom. The van der Waals surface area contributed by atoms with Crippen molar-refractivity contribution in [2.75, 3.05) is 19.6 Å². The Morgan fingerprint density at radius 2 is 2.08 bits per heavy atom. The largest absolute Gasteiger partial charge is 0.379 e. The number of thiazole rings is 1. The summed E-state index contributed by atoms with van der Waals surface area (Å²) >= 11 is 1.66. The summed E-state index contributed by atoms with van der Waals surface area (Å²) in [6.07, 6.45) is 2.16. The maximum atomic E-state index is 12.8. The average molecular weight is 374 g/mol. The standard InChI is InChI=1S/C20H27N3O2S/c1-15-18(26-16(2)22-15)13-21-14-20(25)10-6-11-23(19(20)24)12-9-17-7-4-3-5-8-17/h3-5,7-8,21,25H,6,9-14H2,1-2H3. The maximum absolute atomic E-state index is 12.8. The highest BCUT2D eigenvalue weighted by Crippen LogP contribution is 2.23. The lowest BCUT2D eigenvalue weighted by Crippen LogP contribution is -2.58. The third-order valence-corrected chi connectivity index (χ3v) is 5.99. The lowest BCUT2D eigenvalue weighted by Gasteiger charge is -2.38. The number of carbonyl (C=O) groups excluding carboxylic acids is 1. The van der Waals surface area contributed by atoms with Gasteiger partial charge in [0.1, 0.15) is 0 Å². The first-order valence-electron chi connectivity index (χ1n) is 9.17. The van der Waals surface area contributed by atoms with Crippen molar-refractivity contribution in [3.8, 4) is 0 Å².